The number of benzene rings is 1. The van der Waals surface area contributed by atoms with E-state index >= 15 is 0 Å². The molecule has 6 heteroatoms. The van der Waals surface area contributed by atoms with Crippen LogP contribution in [0, 0.1) is 13.8 Å². The summed E-state index contributed by atoms with van der Waals surface area (Å²) >= 11 is 12.2. The Morgan fingerprint density at radius 3 is 2.32 bits per heavy atom. The van der Waals surface area contributed by atoms with Gasteiger partial charge in [-0.15, -0.1) is 0 Å². The Labute approximate surface area is 141 Å². The van der Waals surface area contributed by atoms with Gasteiger partial charge in [-0.25, -0.2) is 0 Å². The number of halogens is 2. The normalized spacial score (nSPS) is 14.1. The van der Waals surface area contributed by atoms with Crippen molar-refractivity contribution in [3.63, 3.8) is 0 Å². The Kier molecular flexibility index (Phi) is 5.50. The summed E-state index contributed by atoms with van der Waals surface area (Å²) in [4.78, 5) is 0. The summed E-state index contributed by atoms with van der Waals surface area (Å²) in [6.07, 6.45) is -0.763. The van der Waals surface area contributed by atoms with Gasteiger partial charge in [-0.2, -0.15) is 5.10 Å². The van der Waals surface area contributed by atoms with Crippen LogP contribution >= 0.6 is 23.2 Å². The molecule has 1 aromatic heterocycles. The van der Waals surface area contributed by atoms with Crippen LogP contribution in [0.2, 0.25) is 10.0 Å². The molecule has 2 rings (SSSR count). The monoisotopic (exact) mass is 341 g/mol. The number of aromatic nitrogens is 2. The molecule has 0 bridgehead atoms. The van der Waals surface area contributed by atoms with Crippen molar-refractivity contribution in [3.05, 3.63) is 50.8 Å². The molecule has 22 heavy (non-hydrogen) atoms. The zero-order chi connectivity index (χ0) is 16.4. The van der Waals surface area contributed by atoms with Gasteiger partial charge >= 0.3 is 0 Å². The van der Waals surface area contributed by atoms with Gasteiger partial charge in [-0.05, 0) is 32.9 Å². The van der Waals surface area contributed by atoms with E-state index in [4.69, 9.17) is 23.2 Å². The van der Waals surface area contributed by atoms with E-state index in [1.54, 1.807) is 18.2 Å². The van der Waals surface area contributed by atoms with Crippen LogP contribution in [0.5, 0.6) is 0 Å². The third kappa shape index (κ3) is 3.46. The molecule has 0 spiro atoms. The van der Waals surface area contributed by atoms with E-state index in [2.05, 4.69) is 17.3 Å². The summed E-state index contributed by atoms with van der Waals surface area (Å²) in [5, 5.41) is 19.1. The summed E-state index contributed by atoms with van der Waals surface area (Å²) in [5.74, 6) is 0. The van der Waals surface area contributed by atoms with Crippen LogP contribution in [0.4, 0.5) is 0 Å². The predicted octanol–water partition coefficient (Wildman–Crippen LogP) is 3.73. The predicted molar refractivity (Wildman–Crippen MR) is 90.5 cm³/mol. The smallest absolute Gasteiger partial charge is 0.0943 e. The van der Waals surface area contributed by atoms with Crippen LogP contribution in [-0.4, -0.2) is 21.4 Å². The zero-order valence-electron chi connectivity index (χ0n) is 13.2. The van der Waals surface area contributed by atoms with Gasteiger partial charge in [0, 0.05) is 46.5 Å². The second-order valence-electron chi connectivity index (χ2n) is 5.49. The minimum absolute atomic E-state index is 0.0737. The quantitative estimate of drug-likeness (QED) is 0.871. The average Bonchev–Trinajstić information content (AvgIpc) is 2.69. The molecule has 2 N–H and O–H groups in total. The van der Waals surface area contributed by atoms with Crippen molar-refractivity contribution in [3.8, 4) is 0 Å². The summed E-state index contributed by atoms with van der Waals surface area (Å²) < 4.78 is 1.87. The maximum absolute atomic E-state index is 10.4. The van der Waals surface area contributed by atoms with E-state index < -0.39 is 6.10 Å². The van der Waals surface area contributed by atoms with E-state index in [9.17, 15) is 5.11 Å². The Balaban J connectivity index is 2.09. The number of aliphatic hydroxyl groups is 1. The third-order valence-electron chi connectivity index (χ3n) is 3.95. The van der Waals surface area contributed by atoms with Gasteiger partial charge in [0.15, 0.2) is 0 Å². The molecule has 4 nitrogen and oxygen atoms in total. The van der Waals surface area contributed by atoms with Gasteiger partial charge in [0.05, 0.1) is 11.8 Å². The molecule has 2 aromatic rings. The van der Waals surface area contributed by atoms with E-state index in [1.165, 1.54) is 0 Å². The van der Waals surface area contributed by atoms with Gasteiger partial charge in [-0.3, -0.25) is 4.68 Å². The molecule has 1 heterocycles. The van der Waals surface area contributed by atoms with Crippen LogP contribution in [0.1, 0.15) is 41.6 Å². The molecule has 0 fully saturated rings. The van der Waals surface area contributed by atoms with Crippen molar-refractivity contribution in [2.75, 3.05) is 6.54 Å². The van der Waals surface area contributed by atoms with Gasteiger partial charge in [0.1, 0.15) is 0 Å². The highest BCUT2D eigenvalue weighted by Crippen LogP contribution is 2.30. The fourth-order valence-corrected chi connectivity index (χ4v) is 3.39. The Morgan fingerprint density at radius 1 is 1.23 bits per heavy atom. The van der Waals surface area contributed by atoms with E-state index in [-0.39, 0.29) is 6.04 Å². The van der Waals surface area contributed by atoms with E-state index in [0.717, 1.165) is 17.0 Å². The molecular weight excluding hydrogens is 321 g/mol. The maximum atomic E-state index is 10.4. The molecule has 0 aliphatic heterocycles. The van der Waals surface area contributed by atoms with Crippen molar-refractivity contribution < 1.29 is 5.11 Å². The highest BCUT2D eigenvalue weighted by molar-refractivity contribution is 6.36. The first kappa shape index (κ1) is 17.3. The summed E-state index contributed by atoms with van der Waals surface area (Å²) in [7, 11) is 1.93. The summed E-state index contributed by atoms with van der Waals surface area (Å²) in [5.41, 5.74) is 3.82. The molecule has 1 aromatic carbocycles. The molecule has 0 amide bonds. The van der Waals surface area contributed by atoms with Crippen LogP contribution in [0.15, 0.2) is 18.2 Å². The average molecular weight is 342 g/mol. The Hall–Kier alpha value is -1.07. The molecule has 0 radical (unpaired) electrons. The van der Waals surface area contributed by atoms with Crippen molar-refractivity contribution in [2.45, 2.75) is 32.9 Å². The Morgan fingerprint density at radius 2 is 1.82 bits per heavy atom. The third-order valence-corrected chi connectivity index (χ3v) is 4.61. The largest absolute Gasteiger partial charge is 0.387 e. The van der Waals surface area contributed by atoms with Crippen molar-refractivity contribution in [1.29, 1.82) is 0 Å². The Bertz CT molecular complexity index is 649. The second kappa shape index (κ2) is 7.01. The molecule has 0 saturated carbocycles. The highest BCUT2D eigenvalue weighted by atomic mass is 35.5. The highest BCUT2D eigenvalue weighted by Gasteiger charge is 2.19. The van der Waals surface area contributed by atoms with Crippen LogP contribution in [0.25, 0.3) is 0 Å². The molecule has 0 aliphatic carbocycles. The number of hydrogen-bond acceptors (Lipinski definition) is 3. The summed E-state index contributed by atoms with van der Waals surface area (Å²) in [6.45, 7) is 6.44. The first-order chi connectivity index (χ1) is 10.3. The molecular formula is C16H21Cl2N3O. The molecule has 0 saturated heterocycles. The van der Waals surface area contributed by atoms with Crippen molar-refractivity contribution >= 4 is 23.2 Å². The molecule has 2 unspecified atom stereocenters. The second-order valence-corrected chi connectivity index (χ2v) is 6.30. The van der Waals surface area contributed by atoms with Crippen molar-refractivity contribution in [2.24, 2.45) is 7.05 Å². The van der Waals surface area contributed by atoms with Gasteiger partial charge < -0.3 is 10.4 Å². The van der Waals surface area contributed by atoms with Gasteiger partial charge in [0.25, 0.3) is 0 Å². The van der Waals surface area contributed by atoms with E-state index in [1.807, 2.05) is 25.6 Å². The first-order valence-corrected chi connectivity index (χ1v) is 7.94. The van der Waals surface area contributed by atoms with E-state index in [0.29, 0.717) is 22.2 Å². The number of aryl methyl sites for hydroxylation is 2. The molecule has 2 atom stereocenters. The number of nitrogens with zero attached hydrogens (tertiary/aromatic N) is 2. The fourth-order valence-electron chi connectivity index (χ4n) is 2.74. The van der Waals surface area contributed by atoms with Crippen LogP contribution < -0.4 is 5.32 Å². The number of hydrogen-bond donors (Lipinski definition) is 2. The number of rotatable bonds is 5. The van der Waals surface area contributed by atoms with Crippen LogP contribution in [-0.2, 0) is 7.05 Å². The lowest BCUT2D eigenvalue weighted by Gasteiger charge is -2.19. The van der Waals surface area contributed by atoms with Crippen LogP contribution in [0.3, 0.4) is 0 Å². The lowest BCUT2D eigenvalue weighted by molar-refractivity contribution is 0.171. The maximum Gasteiger partial charge on any atom is 0.0943 e. The minimum Gasteiger partial charge on any atom is -0.387 e. The molecule has 120 valence electrons. The SMILES string of the molecule is Cc1nn(C)c(C)c1C(C)NCC(O)c1c(Cl)cccc1Cl. The number of aliphatic hydroxyl groups excluding tert-OH is 1. The van der Waals surface area contributed by atoms with Gasteiger partial charge in [0.2, 0.25) is 0 Å². The number of nitrogens with one attached hydrogen (secondary N) is 1. The first-order valence-electron chi connectivity index (χ1n) is 7.18. The molecule has 0 aliphatic rings. The zero-order valence-corrected chi connectivity index (χ0v) is 14.7. The minimum atomic E-state index is -0.763. The topological polar surface area (TPSA) is 50.1 Å². The standard InChI is InChI=1S/C16H21Cl2N3O/c1-9(15-10(2)20-21(4)11(15)3)19-8-14(22)16-12(17)6-5-7-13(16)18/h5-7,9,14,19,22H,8H2,1-4H3. The van der Waals surface area contributed by atoms with Crippen molar-refractivity contribution in [1.82, 2.24) is 15.1 Å². The summed E-state index contributed by atoms with van der Waals surface area (Å²) in [6, 6.07) is 5.29. The lowest BCUT2D eigenvalue weighted by atomic mass is 10.0. The van der Waals surface area contributed by atoms with Gasteiger partial charge in [-0.1, -0.05) is 29.3 Å². The fraction of sp³-hybridized carbons (Fsp3) is 0.438. The lowest BCUT2D eigenvalue weighted by Crippen LogP contribution is -2.25.